The molecular weight excluding hydrogens is 279 g/mol. The van der Waals surface area contributed by atoms with Gasteiger partial charge in [-0.3, -0.25) is 14.9 Å². The van der Waals surface area contributed by atoms with Gasteiger partial charge in [0.1, 0.15) is 11.5 Å². The minimum atomic E-state index is -0.757. The molecule has 8 heteroatoms. The van der Waals surface area contributed by atoms with Gasteiger partial charge in [0.25, 0.3) is 5.69 Å². The first-order chi connectivity index (χ1) is 8.86. The van der Waals surface area contributed by atoms with Gasteiger partial charge in [-0.05, 0) is 0 Å². The average Bonchev–Trinajstić information content (AvgIpc) is 2.37. The lowest BCUT2D eigenvalue weighted by molar-refractivity contribution is -0.384. The maximum absolute atomic E-state index is 13.4. The molecular formula is C11H12ClFN2O4. The quantitative estimate of drug-likeness (QED) is 0.473. The zero-order chi connectivity index (χ0) is 14.6. The van der Waals surface area contributed by atoms with E-state index in [2.05, 4.69) is 4.74 Å². The van der Waals surface area contributed by atoms with E-state index in [-0.39, 0.29) is 29.4 Å². The molecule has 0 amide bonds. The molecule has 0 saturated heterocycles. The van der Waals surface area contributed by atoms with Gasteiger partial charge in [0, 0.05) is 25.7 Å². The van der Waals surface area contributed by atoms with Gasteiger partial charge in [-0.25, -0.2) is 4.39 Å². The van der Waals surface area contributed by atoms with Crippen molar-refractivity contribution in [2.45, 2.75) is 6.42 Å². The number of nitro groups is 1. The maximum atomic E-state index is 13.4. The van der Waals surface area contributed by atoms with Gasteiger partial charge in [0.15, 0.2) is 0 Å². The predicted molar refractivity (Wildman–Crippen MR) is 68.0 cm³/mol. The average molecular weight is 291 g/mol. The Kier molecular flexibility index (Phi) is 5.05. The third-order valence-corrected chi connectivity index (χ3v) is 2.79. The van der Waals surface area contributed by atoms with Crippen LogP contribution in [0.1, 0.15) is 6.42 Å². The number of hydrogen-bond acceptors (Lipinski definition) is 5. The van der Waals surface area contributed by atoms with Gasteiger partial charge < -0.3 is 9.64 Å². The Morgan fingerprint density at radius 2 is 2.21 bits per heavy atom. The van der Waals surface area contributed by atoms with Crippen LogP contribution < -0.4 is 4.90 Å². The first-order valence-corrected chi connectivity index (χ1v) is 5.66. The van der Waals surface area contributed by atoms with E-state index in [0.717, 1.165) is 12.1 Å². The highest BCUT2D eigenvalue weighted by Gasteiger charge is 2.21. The van der Waals surface area contributed by atoms with Crippen molar-refractivity contribution in [1.82, 2.24) is 0 Å². The summed E-state index contributed by atoms with van der Waals surface area (Å²) in [5.41, 5.74) is -0.269. The molecule has 1 rings (SSSR count). The number of carbonyl (C=O) groups is 1. The fourth-order valence-corrected chi connectivity index (χ4v) is 1.62. The summed E-state index contributed by atoms with van der Waals surface area (Å²) < 4.78 is 17.8. The second-order valence-corrected chi connectivity index (χ2v) is 4.17. The van der Waals surface area contributed by atoms with Crippen LogP contribution in [0.3, 0.4) is 0 Å². The fraction of sp³-hybridized carbons (Fsp3) is 0.364. The SMILES string of the molecule is COC(=O)CCN(C)c1cc(F)c(Cl)cc1[N+](=O)[O-]. The Bertz CT molecular complexity index is 510. The molecule has 0 bridgehead atoms. The lowest BCUT2D eigenvalue weighted by Gasteiger charge is -2.18. The summed E-state index contributed by atoms with van der Waals surface area (Å²) in [5.74, 6) is -1.21. The molecule has 0 aromatic heterocycles. The zero-order valence-electron chi connectivity index (χ0n) is 10.4. The Morgan fingerprint density at radius 1 is 1.58 bits per heavy atom. The van der Waals surface area contributed by atoms with Gasteiger partial charge in [-0.2, -0.15) is 0 Å². The van der Waals surface area contributed by atoms with Crippen molar-refractivity contribution in [1.29, 1.82) is 0 Å². The van der Waals surface area contributed by atoms with E-state index >= 15 is 0 Å². The Labute approximate surface area is 113 Å². The number of carbonyl (C=O) groups excluding carboxylic acids is 1. The molecule has 0 unspecified atom stereocenters. The maximum Gasteiger partial charge on any atom is 0.307 e. The number of rotatable bonds is 5. The topological polar surface area (TPSA) is 72.7 Å². The van der Waals surface area contributed by atoms with Crippen LogP contribution >= 0.6 is 11.6 Å². The van der Waals surface area contributed by atoms with Gasteiger partial charge in [0.2, 0.25) is 0 Å². The molecule has 19 heavy (non-hydrogen) atoms. The van der Waals surface area contributed by atoms with E-state index in [9.17, 15) is 19.3 Å². The third-order valence-electron chi connectivity index (χ3n) is 2.50. The zero-order valence-corrected chi connectivity index (χ0v) is 11.1. The van der Waals surface area contributed by atoms with Crippen molar-refractivity contribution >= 4 is 28.9 Å². The Hall–Kier alpha value is -1.89. The van der Waals surface area contributed by atoms with E-state index in [1.54, 1.807) is 0 Å². The fourth-order valence-electron chi connectivity index (χ4n) is 1.46. The molecule has 0 N–H and O–H groups in total. The molecule has 1 aromatic rings. The smallest absolute Gasteiger partial charge is 0.307 e. The van der Waals surface area contributed by atoms with Crippen LogP contribution in [0.2, 0.25) is 5.02 Å². The number of halogens is 2. The standard InChI is InChI=1S/C11H12ClFN2O4/c1-14(4-3-11(16)19-2)9-6-8(13)7(12)5-10(9)15(17)18/h5-6H,3-4H2,1-2H3. The molecule has 0 aliphatic heterocycles. The van der Waals surface area contributed by atoms with Gasteiger partial charge in [-0.1, -0.05) is 11.6 Å². The van der Waals surface area contributed by atoms with Crippen LogP contribution in [0.5, 0.6) is 0 Å². The van der Waals surface area contributed by atoms with E-state index < -0.39 is 16.7 Å². The lowest BCUT2D eigenvalue weighted by Crippen LogP contribution is -2.22. The summed E-state index contributed by atoms with van der Waals surface area (Å²) in [6, 6.07) is 1.92. The highest BCUT2D eigenvalue weighted by Crippen LogP contribution is 2.32. The van der Waals surface area contributed by atoms with Crippen LogP contribution in [-0.4, -0.2) is 31.6 Å². The molecule has 0 saturated carbocycles. The molecule has 0 atom stereocenters. The second kappa shape index (κ2) is 6.33. The summed E-state index contributed by atoms with van der Waals surface area (Å²) >= 11 is 5.51. The van der Waals surface area contributed by atoms with Gasteiger partial charge in [0.05, 0.1) is 23.5 Å². The predicted octanol–water partition coefficient (Wildman–Crippen LogP) is 2.39. The number of nitrogens with zero attached hydrogens (tertiary/aromatic N) is 2. The van der Waals surface area contributed by atoms with Crippen molar-refractivity contribution in [3.63, 3.8) is 0 Å². The minimum absolute atomic E-state index is 0.0361. The van der Waals surface area contributed by atoms with Gasteiger partial charge in [-0.15, -0.1) is 0 Å². The monoisotopic (exact) mass is 290 g/mol. The van der Waals surface area contributed by atoms with Crippen molar-refractivity contribution in [3.8, 4) is 0 Å². The van der Waals surface area contributed by atoms with Crippen LogP contribution in [0.25, 0.3) is 0 Å². The van der Waals surface area contributed by atoms with Crippen molar-refractivity contribution < 1.29 is 18.8 Å². The number of hydrogen-bond donors (Lipinski definition) is 0. The van der Waals surface area contributed by atoms with E-state index in [1.807, 2.05) is 0 Å². The highest BCUT2D eigenvalue weighted by atomic mass is 35.5. The highest BCUT2D eigenvalue weighted by molar-refractivity contribution is 6.31. The summed E-state index contributed by atoms with van der Waals surface area (Å²) in [4.78, 5) is 22.6. The summed E-state index contributed by atoms with van der Waals surface area (Å²) in [6.07, 6.45) is 0.0361. The molecule has 1 aromatic carbocycles. The summed E-state index contributed by atoms with van der Waals surface area (Å²) in [7, 11) is 2.76. The Balaban J connectivity index is 3.01. The molecule has 0 aliphatic rings. The largest absolute Gasteiger partial charge is 0.469 e. The number of ether oxygens (including phenoxy) is 1. The van der Waals surface area contributed by atoms with Crippen LogP contribution in [0.15, 0.2) is 12.1 Å². The summed E-state index contributed by atoms with van der Waals surface area (Å²) in [6.45, 7) is 0.161. The van der Waals surface area contributed by atoms with E-state index in [1.165, 1.54) is 19.1 Å². The minimum Gasteiger partial charge on any atom is -0.469 e. The van der Waals surface area contributed by atoms with E-state index in [0.29, 0.717) is 0 Å². The van der Waals surface area contributed by atoms with Crippen molar-refractivity contribution in [2.24, 2.45) is 0 Å². The summed E-state index contributed by atoms with van der Waals surface area (Å²) in [5, 5.41) is 10.6. The van der Waals surface area contributed by atoms with Gasteiger partial charge >= 0.3 is 5.97 Å². The van der Waals surface area contributed by atoms with Crippen LogP contribution in [0, 0.1) is 15.9 Å². The first-order valence-electron chi connectivity index (χ1n) is 5.28. The molecule has 0 heterocycles. The molecule has 0 fully saturated rings. The number of nitro benzene ring substituents is 1. The number of benzene rings is 1. The van der Waals surface area contributed by atoms with E-state index in [4.69, 9.17) is 11.6 Å². The molecule has 0 radical (unpaired) electrons. The second-order valence-electron chi connectivity index (χ2n) is 3.76. The molecule has 6 nitrogen and oxygen atoms in total. The number of methoxy groups -OCH3 is 1. The lowest BCUT2D eigenvalue weighted by atomic mass is 10.2. The van der Waals surface area contributed by atoms with Crippen molar-refractivity contribution in [3.05, 3.63) is 33.1 Å². The normalized spacial score (nSPS) is 10.1. The van der Waals surface area contributed by atoms with Crippen LogP contribution in [0.4, 0.5) is 15.8 Å². The molecule has 0 aliphatic carbocycles. The number of esters is 1. The third kappa shape index (κ3) is 3.78. The van der Waals surface area contributed by atoms with Crippen LogP contribution in [-0.2, 0) is 9.53 Å². The molecule has 0 spiro atoms. The molecule has 104 valence electrons. The first kappa shape index (κ1) is 15.2. The number of anilines is 1. The Morgan fingerprint density at radius 3 is 2.74 bits per heavy atom. The van der Waals surface area contributed by atoms with Crippen molar-refractivity contribution in [2.75, 3.05) is 25.6 Å².